The minimum absolute atomic E-state index is 0.0122. The second kappa shape index (κ2) is 9.08. The quantitative estimate of drug-likeness (QED) is 0.619. The Morgan fingerprint density at radius 1 is 1.32 bits per heavy atom. The van der Waals surface area contributed by atoms with Gasteiger partial charge in [-0.05, 0) is 26.3 Å². The molecule has 1 saturated heterocycles. The van der Waals surface area contributed by atoms with Crippen LogP contribution in [0.4, 0.5) is 8.78 Å². The van der Waals surface area contributed by atoms with Crippen molar-refractivity contribution in [3.8, 4) is 5.75 Å². The first kappa shape index (κ1) is 25.6. The van der Waals surface area contributed by atoms with E-state index < -0.39 is 52.0 Å². The molecule has 5 rings (SSSR count). The van der Waals surface area contributed by atoms with Crippen molar-refractivity contribution in [1.82, 2.24) is 24.8 Å². The van der Waals surface area contributed by atoms with Crippen molar-refractivity contribution < 1.29 is 28.3 Å². The van der Waals surface area contributed by atoms with Crippen molar-refractivity contribution in [2.75, 3.05) is 20.6 Å². The number of aromatic hydroxyl groups is 1. The molecule has 1 spiro atoms. The number of pyridine rings is 1. The number of amidine groups is 1. The number of benzene rings is 1. The predicted octanol–water partition coefficient (Wildman–Crippen LogP) is 1.78. The number of nitrogens with zero attached hydrogens (tertiary/aromatic N) is 5. The van der Waals surface area contributed by atoms with E-state index in [1.807, 2.05) is 31.0 Å². The molecule has 2 aromatic rings. The summed E-state index contributed by atoms with van der Waals surface area (Å²) in [5, 5.41) is 21.3. The van der Waals surface area contributed by atoms with E-state index in [2.05, 4.69) is 10.5 Å². The zero-order valence-electron chi connectivity index (χ0n) is 21.4. The Bertz CT molecular complexity index is 1430. The molecule has 2 N–H and O–H groups in total. The molecule has 1 aromatic heterocycles. The van der Waals surface area contributed by atoms with Gasteiger partial charge in [-0.1, -0.05) is 11.2 Å². The number of nitrogens with one attached hydrogen (secondary N) is 1. The van der Waals surface area contributed by atoms with Gasteiger partial charge in [-0.15, -0.1) is 0 Å². The highest BCUT2D eigenvalue weighted by Crippen LogP contribution is 2.46. The van der Waals surface area contributed by atoms with Gasteiger partial charge < -0.3 is 24.7 Å². The Balaban J connectivity index is 1.59. The summed E-state index contributed by atoms with van der Waals surface area (Å²) in [6.45, 7) is 3.53. The van der Waals surface area contributed by atoms with Gasteiger partial charge in [-0.25, -0.2) is 18.8 Å². The summed E-state index contributed by atoms with van der Waals surface area (Å²) in [7, 11) is 3.65. The number of carbonyl (C=O) groups is 2. The number of hydrogen-bond donors (Lipinski definition) is 2. The average molecular weight is 531 g/mol. The summed E-state index contributed by atoms with van der Waals surface area (Å²) in [6.07, 6.45) is 2.25. The fraction of sp³-hybridized carbons (Fsp3) is 0.440. The van der Waals surface area contributed by atoms with Gasteiger partial charge in [0.2, 0.25) is 11.2 Å². The summed E-state index contributed by atoms with van der Waals surface area (Å²) in [4.78, 5) is 47.2. The lowest BCUT2D eigenvalue weighted by Gasteiger charge is -2.47. The third-order valence-electron chi connectivity index (χ3n) is 7.45. The van der Waals surface area contributed by atoms with Gasteiger partial charge in [0, 0.05) is 57.5 Å². The molecular formula is C25H28F2N6O5. The van der Waals surface area contributed by atoms with Gasteiger partial charge in [-0.3, -0.25) is 14.4 Å². The van der Waals surface area contributed by atoms with Crippen molar-refractivity contribution in [3.05, 3.63) is 63.1 Å². The van der Waals surface area contributed by atoms with E-state index in [9.17, 15) is 28.3 Å². The number of carbonyl (C=O) groups excluding carboxylic acids is 2. The Labute approximate surface area is 216 Å². The number of hydrazine groups is 1. The lowest BCUT2D eigenvalue weighted by atomic mass is 9.95. The number of halogens is 2. The van der Waals surface area contributed by atoms with E-state index in [1.165, 1.54) is 16.8 Å². The molecule has 1 aromatic carbocycles. The van der Waals surface area contributed by atoms with Crippen LogP contribution in [0.3, 0.4) is 0 Å². The van der Waals surface area contributed by atoms with E-state index >= 15 is 0 Å². The monoisotopic (exact) mass is 530 g/mol. The largest absolute Gasteiger partial charge is 0.503 e. The van der Waals surface area contributed by atoms with E-state index in [4.69, 9.17) is 4.84 Å². The Morgan fingerprint density at radius 2 is 2.05 bits per heavy atom. The Hall–Kier alpha value is -4.00. The molecule has 13 heteroatoms. The predicted molar refractivity (Wildman–Crippen MR) is 131 cm³/mol. The molecule has 3 aliphatic rings. The molecule has 4 heterocycles. The highest BCUT2D eigenvalue weighted by molar-refractivity contribution is 5.99. The van der Waals surface area contributed by atoms with Crippen molar-refractivity contribution >= 4 is 17.6 Å². The van der Waals surface area contributed by atoms with Gasteiger partial charge in [0.25, 0.3) is 11.8 Å². The summed E-state index contributed by atoms with van der Waals surface area (Å²) >= 11 is 0. The van der Waals surface area contributed by atoms with Crippen LogP contribution in [0.25, 0.3) is 0 Å². The maximum Gasteiger partial charge on any atom is 0.274 e. The molecular weight excluding hydrogens is 502 g/mol. The van der Waals surface area contributed by atoms with Crippen LogP contribution >= 0.6 is 0 Å². The molecule has 3 atom stereocenters. The van der Waals surface area contributed by atoms with Crippen LogP contribution in [0, 0.1) is 11.6 Å². The molecule has 2 bridgehead atoms. The third-order valence-corrected chi connectivity index (χ3v) is 7.45. The van der Waals surface area contributed by atoms with Crippen LogP contribution in [0.15, 0.2) is 34.3 Å². The van der Waals surface area contributed by atoms with Crippen LogP contribution in [-0.4, -0.2) is 74.6 Å². The number of amides is 2. The molecule has 1 fully saturated rings. The van der Waals surface area contributed by atoms with E-state index in [0.29, 0.717) is 24.7 Å². The summed E-state index contributed by atoms with van der Waals surface area (Å²) < 4.78 is 28.7. The van der Waals surface area contributed by atoms with Crippen LogP contribution in [0.2, 0.25) is 0 Å². The molecule has 0 radical (unpaired) electrons. The number of rotatable bonds is 4. The fourth-order valence-corrected chi connectivity index (χ4v) is 5.62. The molecule has 3 unspecified atom stereocenters. The van der Waals surface area contributed by atoms with Crippen molar-refractivity contribution in [2.24, 2.45) is 5.16 Å². The molecule has 38 heavy (non-hydrogen) atoms. The highest BCUT2D eigenvalue weighted by Gasteiger charge is 2.58. The smallest absolute Gasteiger partial charge is 0.274 e. The SMILES string of the molecule is CC1=NOC2(CCC(C)N3CC2n2cc(C(=O)NCc4ccc(F)cc4F)c(=O)c(O)c2C3=O)N1N(C)C. The first-order chi connectivity index (χ1) is 18.0. The minimum Gasteiger partial charge on any atom is -0.503 e. The number of aromatic nitrogens is 1. The van der Waals surface area contributed by atoms with Crippen LogP contribution < -0.4 is 10.7 Å². The standard InChI is InChI=1S/C25H28F2N6O5/c1-13-7-8-25(33(30(3)4)14(2)29-38-25)19-12-31(13)24(37)20-22(35)21(34)17(11-32(19)20)23(36)28-10-15-5-6-16(26)9-18(15)27/h5-6,9,11,13,19,35H,7-8,10,12H2,1-4H3,(H,28,36). The van der Waals surface area contributed by atoms with Gasteiger partial charge >= 0.3 is 0 Å². The minimum atomic E-state index is -1.10. The number of fused-ring (bicyclic) bond motifs is 5. The molecule has 0 aliphatic carbocycles. The van der Waals surface area contributed by atoms with Gasteiger partial charge in [0.15, 0.2) is 17.3 Å². The second-order valence-electron chi connectivity index (χ2n) is 9.99. The third kappa shape index (κ3) is 3.80. The maximum absolute atomic E-state index is 14.1. The van der Waals surface area contributed by atoms with Crippen molar-refractivity contribution in [1.29, 1.82) is 0 Å². The lowest BCUT2D eigenvalue weighted by molar-refractivity contribution is -0.191. The first-order valence-electron chi connectivity index (χ1n) is 12.2. The molecule has 3 aliphatic heterocycles. The first-order valence-corrected chi connectivity index (χ1v) is 12.2. The molecule has 202 valence electrons. The van der Waals surface area contributed by atoms with E-state index in [-0.39, 0.29) is 30.4 Å². The molecule has 0 saturated carbocycles. The van der Waals surface area contributed by atoms with E-state index in [1.54, 1.807) is 11.8 Å². The van der Waals surface area contributed by atoms with Crippen LogP contribution in [0.5, 0.6) is 5.75 Å². The van der Waals surface area contributed by atoms with Crippen LogP contribution in [-0.2, 0) is 11.4 Å². The lowest BCUT2D eigenvalue weighted by Crippen LogP contribution is -2.61. The van der Waals surface area contributed by atoms with Crippen molar-refractivity contribution in [3.63, 3.8) is 0 Å². The summed E-state index contributed by atoms with van der Waals surface area (Å²) in [5.41, 5.74) is -2.80. The fourth-order valence-electron chi connectivity index (χ4n) is 5.62. The Kier molecular flexibility index (Phi) is 6.13. The van der Waals surface area contributed by atoms with Crippen LogP contribution in [0.1, 0.15) is 59.1 Å². The van der Waals surface area contributed by atoms with Gasteiger partial charge in [0.05, 0.1) is 0 Å². The normalized spacial score (nSPS) is 24.3. The zero-order chi connectivity index (χ0) is 27.5. The van der Waals surface area contributed by atoms with Crippen molar-refractivity contribution in [2.45, 2.75) is 51.0 Å². The maximum atomic E-state index is 14.1. The topological polar surface area (TPSA) is 120 Å². The van der Waals surface area contributed by atoms with Gasteiger partial charge in [0.1, 0.15) is 23.2 Å². The number of oxime groups is 1. The Morgan fingerprint density at radius 3 is 2.74 bits per heavy atom. The number of hydrogen-bond acceptors (Lipinski definition) is 8. The zero-order valence-corrected chi connectivity index (χ0v) is 21.4. The molecule has 2 amide bonds. The highest BCUT2D eigenvalue weighted by atomic mass is 19.1. The average Bonchev–Trinajstić information content (AvgIpc) is 3.14. The van der Waals surface area contributed by atoms with E-state index in [0.717, 1.165) is 6.07 Å². The second-order valence-corrected chi connectivity index (χ2v) is 9.99. The van der Waals surface area contributed by atoms with Gasteiger partial charge in [-0.2, -0.15) is 0 Å². The summed E-state index contributed by atoms with van der Waals surface area (Å²) in [6, 6.07) is 2.05. The summed E-state index contributed by atoms with van der Waals surface area (Å²) in [5.74, 6) is -3.32. The molecule has 11 nitrogen and oxygen atoms in total.